The maximum absolute atomic E-state index is 12.3. The smallest absolute Gasteiger partial charge is 0.261 e. The summed E-state index contributed by atoms with van der Waals surface area (Å²) >= 11 is 0. The van der Waals surface area contributed by atoms with Crippen LogP contribution in [0.2, 0.25) is 0 Å². The summed E-state index contributed by atoms with van der Waals surface area (Å²) in [5.41, 5.74) is 3.56. The molecule has 0 aliphatic rings. The van der Waals surface area contributed by atoms with Crippen LogP contribution in [0.15, 0.2) is 48.5 Å². The van der Waals surface area contributed by atoms with Gasteiger partial charge >= 0.3 is 0 Å². The van der Waals surface area contributed by atoms with Gasteiger partial charge in [0.1, 0.15) is 5.75 Å². The van der Waals surface area contributed by atoms with Gasteiger partial charge in [-0.1, -0.05) is 48.9 Å². The van der Waals surface area contributed by atoms with Crippen molar-refractivity contribution >= 4 is 5.91 Å². The lowest BCUT2D eigenvalue weighted by Gasteiger charge is -2.19. The fraction of sp³-hybridized carbons (Fsp3) is 0.350. The predicted molar refractivity (Wildman–Crippen MR) is 93.6 cm³/mol. The first-order chi connectivity index (χ1) is 11.0. The summed E-state index contributed by atoms with van der Waals surface area (Å²) in [6.07, 6.45) is 0.484. The molecular weight excluding hydrogens is 286 g/mol. The van der Waals surface area contributed by atoms with Crippen LogP contribution >= 0.6 is 0 Å². The van der Waals surface area contributed by atoms with E-state index in [0.29, 0.717) is 5.75 Å². The summed E-state index contributed by atoms with van der Waals surface area (Å²) in [4.78, 5) is 12.3. The minimum absolute atomic E-state index is 0.0440. The van der Waals surface area contributed by atoms with E-state index in [-0.39, 0.29) is 11.9 Å². The van der Waals surface area contributed by atoms with Gasteiger partial charge in [-0.15, -0.1) is 0 Å². The number of benzene rings is 2. The van der Waals surface area contributed by atoms with Crippen LogP contribution in [-0.2, 0) is 11.2 Å². The molecule has 1 N–H and O–H groups in total. The molecule has 0 fully saturated rings. The quantitative estimate of drug-likeness (QED) is 0.868. The maximum atomic E-state index is 12.3. The standard InChI is InChI=1S/C20H25NO2/c1-5-17-8-10-18(11-9-17)15(3)21-20(22)16(4)23-19-12-6-14(2)7-13-19/h6-13,15-16H,5H2,1-4H3,(H,21,22)/t15-,16+/m1/s1. The van der Waals surface area contributed by atoms with Crippen molar-refractivity contribution in [2.75, 3.05) is 0 Å². The first kappa shape index (κ1) is 17.1. The van der Waals surface area contributed by atoms with Crippen molar-refractivity contribution < 1.29 is 9.53 Å². The molecule has 0 aromatic heterocycles. The average molecular weight is 311 g/mol. The summed E-state index contributed by atoms with van der Waals surface area (Å²) in [5, 5.41) is 3.00. The fourth-order valence-electron chi connectivity index (χ4n) is 2.33. The van der Waals surface area contributed by atoms with Crippen molar-refractivity contribution in [3.8, 4) is 5.75 Å². The highest BCUT2D eigenvalue weighted by molar-refractivity contribution is 5.81. The van der Waals surface area contributed by atoms with Gasteiger partial charge in [0, 0.05) is 0 Å². The highest BCUT2D eigenvalue weighted by Crippen LogP contribution is 2.16. The third-order valence-electron chi connectivity index (χ3n) is 3.95. The summed E-state index contributed by atoms with van der Waals surface area (Å²) in [6, 6.07) is 16.0. The third-order valence-corrected chi connectivity index (χ3v) is 3.95. The zero-order valence-corrected chi connectivity index (χ0v) is 14.3. The zero-order chi connectivity index (χ0) is 16.8. The van der Waals surface area contributed by atoms with E-state index in [1.807, 2.05) is 38.1 Å². The van der Waals surface area contributed by atoms with Crippen molar-refractivity contribution in [3.63, 3.8) is 0 Å². The number of amides is 1. The Labute approximate surface area is 138 Å². The van der Waals surface area contributed by atoms with Gasteiger partial charge in [-0.2, -0.15) is 0 Å². The zero-order valence-electron chi connectivity index (χ0n) is 14.3. The molecule has 3 nitrogen and oxygen atoms in total. The number of aryl methyl sites for hydroxylation is 2. The van der Waals surface area contributed by atoms with E-state index in [0.717, 1.165) is 12.0 Å². The minimum atomic E-state index is -0.532. The molecular formula is C20H25NO2. The molecule has 0 radical (unpaired) electrons. The molecule has 2 aromatic carbocycles. The second-order valence-corrected chi connectivity index (χ2v) is 5.90. The number of nitrogens with one attached hydrogen (secondary N) is 1. The van der Waals surface area contributed by atoms with Crippen LogP contribution in [0.5, 0.6) is 5.75 Å². The average Bonchev–Trinajstić information content (AvgIpc) is 2.56. The second kappa shape index (κ2) is 7.82. The highest BCUT2D eigenvalue weighted by Gasteiger charge is 2.17. The van der Waals surface area contributed by atoms with Crippen LogP contribution < -0.4 is 10.1 Å². The van der Waals surface area contributed by atoms with Gasteiger partial charge in [-0.3, -0.25) is 4.79 Å². The van der Waals surface area contributed by atoms with Crippen molar-refractivity contribution in [1.29, 1.82) is 0 Å². The van der Waals surface area contributed by atoms with Gasteiger partial charge in [-0.25, -0.2) is 0 Å². The molecule has 2 rings (SSSR count). The van der Waals surface area contributed by atoms with Crippen LogP contribution in [0.25, 0.3) is 0 Å². The van der Waals surface area contributed by atoms with Gasteiger partial charge < -0.3 is 10.1 Å². The Hall–Kier alpha value is -2.29. The molecule has 0 aliphatic heterocycles. The first-order valence-corrected chi connectivity index (χ1v) is 8.12. The Kier molecular flexibility index (Phi) is 5.80. The van der Waals surface area contributed by atoms with Gasteiger partial charge in [0.25, 0.3) is 5.91 Å². The van der Waals surface area contributed by atoms with Gasteiger partial charge in [0.2, 0.25) is 0 Å². The molecule has 1 amide bonds. The van der Waals surface area contributed by atoms with Crippen LogP contribution in [0.3, 0.4) is 0 Å². The van der Waals surface area contributed by atoms with Crippen molar-refractivity contribution in [2.24, 2.45) is 0 Å². The maximum Gasteiger partial charge on any atom is 0.261 e. The number of carbonyl (C=O) groups is 1. The Morgan fingerprint density at radius 3 is 2.22 bits per heavy atom. The van der Waals surface area contributed by atoms with E-state index in [1.54, 1.807) is 6.92 Å². The second-order valence-electron chi connectivity index (χ2n) is 5.90. The van der Waals surface area contributed by atoms with Crippen LogP contribution in [0, 0.1) is 6.92 Å². The Morgan fingerprint density at radius 2 is 1.65 bits per heavy atom. The van der Waals surface area contributed by atoms with Gasteiger partial charge in [-0.05, 0) is 50.5 Å². The molecule has 122 valence electrons. The summed E-state index contributed by atoms with van der Waals surface area (Å²) in [7, 11) is 0. The van der Waals surface area contributed by atoms with Crippen molar-refractivity contribution in [3.05, 3.63) is 65.2 Å². The lowest BCUT2D eigenvalue weighted by Crippen LogP contribution is -2.37. The Bertz CT molecular complexity index is 632. The largest absolute Gasteiger partial charge is 0.481 e. The van der Waals surface area contributed by atoms with Gasteiger partial charge in [0.15, 0.2) is 6.10 Å². The summed E-state index contributed by atoms with van der Waals surface area (Å²) in [6.45, 7) is 7.90. The molecule has 0 aliphatic carbocycles. The van der Waals surface area contributed by atoms with Crippen LogP contribution in [0.4, 0.5) is 0 Å². The first-order valence-electron chi connectivity index (χ1n) is 8.12. The highest BCUT2D eigenvalue weighted by atomic mass is 16.5. The molecule has 2 atom stereocenters. The van der Waals surface area contributed by atoms with Crippen LogP contribution in [0.1, 0.15) is 43.5 Å². The molecule has 0 saturated carbocycles. The number of hydrogen-bond donors (Lipinski definition) is 1. The van der Waals surface area contributed by atoms with E-state index >= 15 is 0 Å². The summed E-state index contributed by atoms with van der Waals surface area (Å²) < 4.78 is 5.69. The molecule has 0 unspecified atom stereocenters. The molecule has 0 bridgehead atoms. The molecule has 0 heterocycles. The monoisotopic (exact) mass is 311 g/mol. The third kappa shape index (κ3) is 4.85. The predicted octanol–water partition coefficient (Wildman–Crippen LogP) is 4.20. The summed E-state index contributed by atoms with van der Waals surface area (Å²) in [5.74, 6) is 0.593. The van der Waals surface area contributed by atoms with Crippen molar-refractivity contribution in [1.82, 2.24) is 5.32 Å². The van der Waals surface area contributed by atoms with E-state index in [2.05, 4.69) is 36.5 Å². The van der Waals surface area contributed by atoms with E-state index < -0.39 is 6.10 Å². The van der Waals surface area contributed by atoms with Crippen LogP contribution in [-0.4, -0.2) is 12.0 Å². The number of rotatable bonds is 6. The number of hydrogen-bond acceptors (Lipinski definition) is 2. The molecule has 23 heavy (non-hydrogen) atoms. The molecule has 2 aromatic rings. The minimum Gasteiger partial charge on any atom is -0.481 e. The van der Waals surface area contributed by atoms with E-state index in [9.17, 15) is 4.79 Å². The SMILES string of the molecule is CCc1ccc([C@@H](C)NC(=O)[C@H](C)Oc2ccc(C)cc2)cc1. The van der Waals surface area contributed by atoms with E-state index in [4.69, 9.17) is 4.74 Å². The fourth-order valence-corrected chi connectivity index (χ4v) is 2.33. The topological polar surface area (TPSA) is 38.3 Å². The molecule has 3 heteroatoms. The Morgan fingerprint density at radius 1 is 1.04 bits per heavy atom. The number of ether oxygens (including phenoxy) is 1. The van der Waals surface area contributed by atoms with Gasteiger partial charge in [0.05, 0.1) is 6.04 Å². The lowest BCUT2D eigenvalue weighted by atomic mass is 10.0. The lowest BCUT2D eigenvalue weighted by molar-refractivity contribution is -0.127. The normalized spacial score (nSPS) is 13.2. The molecule has 0 spiro atoms. The van der Waals surface area contributed by atoms with E-state index in [1.165, 1.54) is 11.1 Å². The molecule has 0 saturated heterocycles. The van der Waals surface area contributed by atoms with Crippen molar-refractivity contribution in [2.45, 2.75) is 46.3 Å². The Balaban J connectivity index is 1.92. The number of carbonyl (C=O) groups excluding carboxylic acids is 1.